The minimum atomic E-state index is 0.222. The number of benzene rings is 1. The molecule has 2 aromatic rings. The summed E-state index contributed by atoms with van der Waals surface area (Å²) in [6, 6.07) is 8.09. The summed E-state index contributed by atoms with van der Waals surface area (Å²) >= 11 is 5.20. The maximum Gasteiger partial charge on any atom is 0.229 e. The Kier molecular flexibility index (Phi) is 5.42. The first-order valence-corrected chi connectivity index (χ1v) is 7.88. The van der Waals surface area contributed by atoms with E-state index in [9.17, 15) is 0 Å². The zero-order chi connectivity index (χ0) is 13.7. The summed E-state index contributed by atoms with van der Waals surface area (Å²) in [5.41, 5.74) is 5.53. The van der Waals surface area contributed by atoms with Crippen LogP contribution in [0, 0.1) is 0 Å². The van der Waals surface area contributed by atoms with Gasteiger partial charge in [0.1, 0.15) is 0 Å². The Morgan fingerprint density at radius 1 is 1.42 bits per heavy atom. The van der Waals surface area contributed by atoms with Gasteiger partial charge in [-0.3, -0.25) is 0 Å². The van der Waals surface area contributed by atoms with Crippen LogP contribution in [-0.4, -0.2) is 16.7 Å². The highest BCUT2D eigenvalue weighted by Crippen LogP contribution is 2.29. The maximum atomic E-state index is 5.53. The first-order valence-electron chi connectivity index (χ1n) is 6.10. The maximum absolute atomic E-state index is 5.53. The van der Waals surface area contributed by atoms with Crippen molar-refractivity contribution in [2.24, 2.45) is 5.73 Å². The van der Waals surface area contributed by atoms with E-state index in [2.05, 4.69) is 32.1 Å². The van der Waals surface area contributed by atoms with Gasteiger partial charge in [-0.25, -0.2) is 0 Å². The molecule has 4 nitrogen and oxygen atoms in total. The van der Waals surface area contributed by atoms with Crippen molar-refractivity contribution < 1.29 is 4.52 Å². The van der Waals surface area contributed by atoms with Gasteiger partial charge in [0, 0.05) is 15.3 Å². The van der Waals surface area contributed by atoms with Crippen molar-refractivity contribution in [3.05, 3.63) is 40.5 Å². The molecule has 0 amide bonds. The highest BCUT2D eigenvalue weighted by molar-refractivity contribution is 9.10. The minimum Gasteiger partial charge on any atom is -0.339 e. The average molecular weight is 342 g/mol. The molecule has 0 radical (unpaired) electrons. The predicted octanol–water partition coefficient (Wildman–Crippen LogP) is 3.58. The van der Waals surface area contributed by atoms with Crippen molar-refractivity contribution in [3.63, 3.8) is 0 Å². The van der Waals surface area contributed by atoms with Crippen molar-refractivity contribution in [1.29, 1.82) is 0 Å². The molecule has 2 rings (SSSR count). The van der Waals surface area contributed by atoms with E-state index in [4.69, 9.17) is 10.3 Å². The Hall–Kier alpha value is -0.850. The van der Waals surface area contributed by atoms with Gasteiger partial charge in [-0.15, -0.1) is 11.8 Å². The Labute approximate surface area is 125 Å². The number of hydrogen-bond acceptors (Lipinski definition) is 5. The number of rotatable bonds is 6. The van der Waals surface area contributed by atoms with Gasteiger partial charge in [-0.05, 0) is 41.0 Å². The third-order valence-electron chi connectivity index (χ3n) is 2.70. The van der Waals surface area contributed by atoms with Crippen LogP contribution in [0.4, 0.5) is 0 Å². The molecule has 2 N–H and O–H groups in total. The van der Waals surface area contributed by atoms with Crippen molar-refractivity contribution >= 4 is 27.7 Å². The van der Waals surface area contributed by atoms with Crippen LogP contribution in [0.5, 0.6) is 0 Å². The first kappa shape index (κ1) is 14.6. The average Bonchev–Trinajstić information content (AvgIpc) is 2.87. The molecule has 1 heterocycles. The van der Waals surface area contributed by atoms with E-state index >= 15 is 0 Å². The van der Waals surface area contributed by atoms with E-state index < -0.39 is 0 Å². The summed E-state index contributed by atoms with van der Waals surface area (Å²) in [6.45, 7) is 2.68. The molecular weight excluding hydrogens is 326 g/mol. The van der Waals surface area contributed by atoms with Crippen molar-refractivity contribution in [2.75, 3.05) is 6.54 Å². The van der Waals surface area contributed by atoms with Gasteiger partial charge >= 0.3 is 0 Å². The SMILES string of the molecule is CC(CCN)c1nc(CSc2ccccc2Br)no1. The summed E-state index contributed by atoms with van der Waals surface area (Å²) < 4.78 is 6.34. The van der Waals surface area contributed by atoms with Gasteiger partial charge in [0.15, 0.2) is 5.82 Å². The summed E-state index contributed by atoms with van der Waals surface area (Å²) in [4.78, 5) is 5.57. The van der Waals surface area contributed by atoms with Crippen LogP contribution in [0.25, 0.3) is 0 Å². The number of halogens is 1. The summed E-state index contributed by atoms with van der Waals surface area (Å²) in [7, 11) is 0. The van der Waals surface area contributed by atoms with Crippen LogP contribution in [0.2, 0.25) is 0 Å². The van der Waals surface area contributed by atoms with Crippen molar-refractivity contribution in [2.45, 2.75) is 29.9 Å². The number of hydrogen-bond donors (Lipinski definition) is 1. The third-order valence-corrected chi connectivity index (χ3v) is 4.72. The fourth-order valence-electron chi connectivity index (χ4n) is 1.60. The van der Waals surface area contributed by atoms with Crippen LogP contribution in [-0.2, 0) is 5.75 Å². The van der Waals surface area contributed by atoms with Crippen LogP contribution < -0.4 is 5.73 Å². The lowest BCUT2D eigenvalue weighted by molar-refractivity contribution is 0.352. The molecule has 0 bridgehead atoms. The Bertz CT molecular complexity index is 532. The molecule has 1 aromatic heterocycles. The van der Waals surface area contributed by atoms with Crippen LogP contribution in [0.3, 0.4) is 0 Å². The van der Waals surface area contributed by atoms with Gasteiger partial charge in [-0.1, -0.05) is 24.2 Å². The lowest BCUT2D eigenvalue weighted by Gasteiger charge is -2.02. The molecule has 1 unspecified atom stereocenters. The van der Waals surface area contributed by atoms with E-state index in [-0.39, 0.29) is 5.92 Å². The van der Waals surface area contributed by atoms with E-state index in [1.807, 2.05) is 25.1 Å². The number of nitrogens with two attached hydrogens (primary N) is 1. The number of aromatic nitrogens is 2. The van der Waals surface area contributed by atoms with E-state index in [1.54, 1.807) is 11.8 Å². The number of thioether (sulfide) groups is 1. The molecule has 102 valence electrons. The normalized spacial score (nSPS) is 12.6. The van der Waals surface area contributed by atoms with Crippen molar-refractivity contribution in [3.8, 4) is 0 Å². The molecule has 1 aromatic carbocycles. The molecular formula is C13H16BrN3OS. The third kappa shape index (κ3) is 4.06. The quantitative estimate of drug-likeness (QED) is 0.813. The fourth-order valence-corrected chi connectivity index (χ4v) is 3.01. The summed E-state index contributed by atoms with van der Waals surface area (Å²) in [5.74, 6) is 2.31. The zero-order valence-electron chi connectivity index (χ0n) is 10.7. The highest BCUT2D eigenvalue weighted by atomic mass is 79.9. The van der Waals surface area contributed by atoms with Crippen LogP contribution in [0.1, 0.15) is 31.0 Å². The summed E-state index contributed by atoms with van der Waals surface area (Å²) in [6.07, 6.45) is 0.860. The lowest BCUT2D eigenvalue weighted by atomic mass is 10.1. The molecule has 0 spiro atoms. The van der Waals surface area contributed by atoms with Gasteiger partial charge in [0.05, 0.1) is 5.75 Å². The molecule has 0 fully saturated rings. The minimum absolute atomic E-state index is 0.222. The first-order chi connectivity index (χ1) is 9.20. The van der Waals surface area contributed by atoms with E-state index in [0.717, 1.165) is 16.7 Å². The molecule has 0 saturated carbocycles. The molecule has 6 heteroatoms. The second-order valence-electron chi connectivity index (χ2n) is 4.25. The topological polar surface area (TPSA) is 64.9 Å². The van der Waals surface area contributed by atoms with Crippen molar-refractivity contribution in [1.82, 2.24) is 10.1 Å². The van der Waals surface area contributed by atoms with Gasteiger partial charge < -0.3 is 10.3 Å². The molecule has 0 saturated heterocycles. The molecule has 0 aliphatic carbocycles. The summed E-state index contributed by atoms with van der Waals surface area (Å²) in [5, 5.41) is 4.00. The van der Waals surface area contributed by atoms with Gasteiger partial charge in [0.25, 0.3) is 0 Å². The molecule has 19 heavy (non-hydrogen) atoms. The Balaban J connectivity index is 1.95. The van der Waals surface area contributed by atoms with Crippen LogP contribution >= 0.6 is 27.7 Å². The lowest BCUT2D eigenvalue weighted by Crippen LogP contribution is -2.04. The smallest absolute Gasteiger partial charge is 0.229 e. The van der Waals surface area contributed by atoms with Gasteiger partial charge in [0.2, 0.25) is 5.89 Å². The van der Waals surface area contributed by atoms with Crippen LogP contribution in [0.15, 0.2) is 38.2 Å². The largest absolute Gasteiger partial charge is 0.339 e. The predicted molar refractivity (Wildman–Crippen MR) is 80.1 cm³/mol. The standard InChI is InChI=1S/C13H16BrN3OS/c1-9(6-7-15)13-16-12(17-18-13)8-19-11-5-3-2-4-10(11)14/h2-5,9H,6-8,15H2,1H3. The Morgan fingerprint density at radius 3 is 2.95 bits per heavy atom. The Morgan fingerprint density at radius 2 is 2.21 bits per heavy atom. The zero-order valence-corrected chi connectivity index (χ0v) is 13.1. The highest BCUT2D eigenvalue weighted by Gasteiger charge is 2.13. The second kappa shape index (κ2) is 7.07. The van der Waals surface area contributed by atoms with E-state index in [0.29, 0.717) is 18.2 Å². The monoisotopic (exact) mass is 341 g/mol. The molecule has 0 aliphatic heterocycles. The molecule has 1 atom stereocenters. The van der Waals surface area contributed by atoms with Gasteiger partial charge in [-0.2, -0.15) is 4.98 Å². The fraction of sp³-hybridized carbons (Fsp3) is 0.385. The molecule has 0 aliphatic rings. The second-order valence-corrected chi connectivity index (χ2v) is 6.12. The number of nitrogens with zero attached hydrogens (tertiary/aromatic N) is 2. The van der Waals surface area contributed by atoms with E-state index in [1.165, 1.54) is 4.90 Å².